The van der Waals surface area contributed by atoms with Crippen LogP contribution in [0.4, 0.5) is 11.4 Å². The minimum Gasteiger partial charge on any atom is -0.398 e. The number of anilines is 2. The first-order chi connectivity index (χ1) is 9.16. The molecule has 0 radical (unpaired) electrons. The Morgan fingerprint density at radius 1 is 1.37 bits per heavy atom. The van der Waals surface area contributed by atoms with Crippen molar-refractivity contribution < 1.29 is 0 Å². The van der Waals surface area contributed by atoms with Gasteiger partial charge < -0.3 is 10.6 Å². The first kappa shape index (κ1) is 12.6. The van der Waals surface area contributed by atoms with Crippen LogP contribution in [0.2, 0.25) is 0 Å². The molecule has 1 aliphatic rings. The molecule has 1 unspecified atom stereocenters. The maximum absolute atomic E-state index is 6.07. The van der Waals surface area contributed by atoms with Crippen molar-refractivity contribution in [2.75, 3.05) is 29.2 Å². The molecule has 100 valence electrons. The molecule has 3 nitrogen and oxygen atoms in total. The molecule has 2 aromatic rings. The summed E-state index contributed by atoms with van der Waals surface area (Å²) < 4.78 is 0. The predicted octanol–water partition coefficient (Wildman–Crippen LogP) is 3.07. The van der Waals surface area contributed by atoms with Crippen molar-refractivity contribution in [2.24, 2.45) is 0 Å². The van der Waals surface area contributed by atoms with Crippen molar-refractivity contribution in [3.05, 3.63) is 30.1 Å². The van der Waals surface area contributed by atoms with Gasteiger partial charge in [-0.05, 0) is 37.3 Å². The highest BCUT2D eigenvalue weighted by Gasteiger charge is 2.21. The van der Waals surface area contributed by atoms with Crippen LogP contribution in [0.3, 0.4) is 0 Å². The van der Waals surface area contributed by atoms with E-state index in [0.717, 1.165) is 16.8 Å². The standard InChI is InChI=1S/C15H19N3S/c1-10-7-12-13(8-17-10)14(16)3-4-15(12)18(2)11-5-6-19-9-11/h3-4,7-8,11H,5-6,9,16H2,1-2H3. The molecule has 19 heavy (non-hydrogen) atoms. The average Bonchev–Trinajstić information content (AvgIpc) is 2.92. The lowest BCUT2D eigenvalue weighted by Crippen LogP contribution is -2.31. The van der Waals surface area contributed by atoms with Crippen LogP contribution >= 0.6 is 11.8 Å². The van der Waals surface area contributed by atoms with Crippen molar-refractivity contribution in [2.45, 2.75) is 19.4 Å². The fourth-order valence-electron chi connectivity index (χ4n) is 2.68. The van der Waals surface area contributed by atoms with Gasteiger partial charge in [-0.3, -0.25) is 4.98 Å². The Kier molecular flexibility index (Phi) is 3.27. The zero-order valence-electron chi connectivity index (χ0n) is 11.4. The molecular weight excluding hydrogens is 254 g/mol. The average molecular weight is 273 g/mol. The molecule has 1 aromatic carbocycles. The molecule has 4 heteroatoms. The van der Waals surface area contributed by atoms with Gasteiger partial charge in [-0.2, -0.15) is 11.8 Å². The maximum Gasteiger partial charge on any atom is 0.0448 e. The van der Waals surface area contributed by atoms with Gasteiger partial charge >= 0.3 is 0 Å². The highest BCUT2D eigenvalue weighted by atomic mass is 32.2. The number of nitrogens with zero attached hydrogens (tertiary/aromatic N) is 2. The van der Waals surface area contributed by atoms with Gasteiger partial charge in [0.15, 0.2) is 0 Å². The van der Waals surface area contributed by atoms with Gasteiger partial charge in [-0.25, -0.2) is 0 Å². The van der Waals surface area contributed by atoms with Crippen LogP contribution < -0.4 is 10.6 Å². The summed E-state index contributed by atoms with van der Waals surface area (Å²) >= 11 is 2.04. The number of thioether (sulfide) groups is 1. The first-order valence-corrected chi connectivity index (χ1v) is 7.77. The normalized spacial score (nSPS) is 18.9. The third kappa shape index (κ3) is 2.25. The number of hydrogen-bond acceptors (Lipinski definition) is 4. The third-order valence-electron chi connectivity index (χ3n) is 3.88. The van der Waals surface area contributed by atoms with Gasteiger partial charge in [0.05, 0.1) is 0 Å². The molecule has 0 bridgehead atoms. The van der Waals surface area contributed by atoms with Crippen molar-refractivity contribution in [1.29, 1.82) is 0 Å². The SMILES string of the molecule is Cc1cc2c(N(C)C3CCSC3)ccc(N)c2cn1. The highest BCUT2D eigenvalue weighted by molar-refractivity contribution is 7.99. The van der Waals surface area contributed by atoms with E-state index in [2.05, 4.69) is 29.1 Å². The second kappa shape index (κ2) is 4.93. The minimum atomic E-state index is 0.630. The fraction of sp³-hybridized carbons (Fsp3) is 0.400. The zero-order valence-corrected chi connectivity index (χ0v) is 12.2. The number of pyridine rings is 1. The Morgan fingerprint density at radius 2 is 2.21 bits per heavy atom. The lowest BCUT2D eigenvalue weighted by molar-refractivity contribution is 0.702. The lowest BCUT2D eigenvalue weighted by atomic mass is 10.1. The molecule has 0 saturated carbocycles. The smallest absolute Gasteiger partial charge is 0.0448 e. The van der Waals surface area contributed by atoms with Crippen LogP contribution in [0.1, 0.15) is 12.1 Å². The van der Waals surface area contributed by atoms with E-state index in [9.17, 15) is 0 Å². The van der Waals surface area contributed by atoms with Crippen LogP contribution in [0.5, 0.6) is 0 Å². The second-order valence-electron chi connectivity index (χ2n) is 5.17. The molecule has 1 atom stereocenters. The second-order valence-corrected chi connectivity index (χ2v) is 6.32. The van der Waals surface area contributed by atoms with E-state index in [4.69, 9.17) is 5.73 Å². The zero-order chi connectivity index (χ0) is 13.4. The van der Waals surface area contributed by atoms with Crippen molar-refractivity contribution in [3.8, 4) is 0 Å². The largest absolute Gasteiger partial charge is 0.398 e. The van der Waals surface area contributed by atoms with E-state index in [0.29, 0.717) is 6.04 Å². The Morgan fingerprint density at radius 3 is 2.95 bits per heavy atom. The fourth-order valence-corrected chi connectivity index (χ4v) is 3.95. The summed E-state index contributed by atoms with van der Waals surface area (Å²) in [6.07, 6.45) is 3.15. The molecule has 0 spiro atoms. The lowest BCUT2D eigenvalue weighted by Gasteiger charge is -2.27. The van der Waals surface area contributed by atoms with Crippen LogP contribution in [0.15, 0.2) is 24.4 Å². The minimum absolute atomic E-state index is 0.630. The summed E-state index contributed by atoms with van der Waals surface area (Å²) in [6, 6.07) is 6.90. The number of rotatable bonds is 2. The molecule has 1 aromatic heterocycles. The number of aromatic nitrogens is 1. The number of benzene rings is 1. The number of fused-ring (bicyclic) bond motifs is 1. The van der Waals surface area contributed by atoms with Crippen molar-refractivity contribution in [1.82, 2.24) is 4.98 Å². The molecule has 2 heterocycles. The van der Waals surface area contributed by atoms with Crippen LogP contribution in [-0.4, -0.2) is 29.6 Å². The summed E-state index contributed by atoms with van der Waals surface area (Å²) in [6.45, 7) is 2.03. The van der Waals surface area contributed by atoms with Gasteiger partial charge in [0, 0.05) is 52.9 Å². The van der Waals surface area contributed by atoms with Crippen LogP contribution in [-0.2, 0) is 0 Å². The topological polar surface area (TPSA) is 42.1 Å². The molecule has 2 N–H and O–H groups in total. The Hall–Kier alpha value is -1.42. The highest BCUT2D eigenvalue weighted by Crippen LogP contribution is 2.33. The van der Waals surface area contributed by atoms with E-state index in [1.807, 2.05) is 30.9 Å². The number of nitrogen functional groups attached to an aromatic ring is 1. The van der Waals surface area contributed by atoms with Crippen molar-refractivity contribution >= 4 is 33.9 Å². The van der Waals surface area contributed by atoms with E-state index >= 15 is 0 Å². The predicted molar refractivity (Wildman–Crippen MR) is 85.0 cm³/mol. The Bertz CT molecular complexity index is 606. The van der Waals surface area contributed by atoms with E-state index in [1.54, 1.807) is 0 Å². The Labute approximate surface area is 118 Å². The monoisotopic (exact) mass is 273 g/mol. The molecule has 3 rings (SSSR count). The van der Waals surface area contributed by atoms with E-state index < -0.39 is 0 Å². The van der Waals surface area contributed by atoms with Gasteiger partial charge in [0.25, 0.3) is 0 Å². The molecule has 0 amide bonds. The molecule has 1 saturated heterocycles. The molecule has 1 aliphatic heterocycles. The van der Waals surface area contributed by atoms with Crippen molar-refractivity contribution in [3.63, 3.8) is 0 Å². The summed E-state index contributed by atoms with van der Waals surface area (Å²) in [5.74, 6) is 2.48. The molecular formula is C15H19N3S. The third-order valence-corrected chi connectivity index (χ3v) is 5.03. The number of hydrogen-bond donors (Lipinski definition) is 1. The van der Waals surface area contributed by atoms with Gasteiger partial charge in [-0.15, -0.1) is 0 Å². The summed E-state index contributed by atoms with van der Waals surface area (Å²) in [5.41, 5.74) is 9.17. The van der Waals surface area contributed by atoms with Gasteiger partial charge in [0.2, 0.25) is 0 Å². The molecule has 0 aliphatic carbocycles. The van der Waals surface area contributed by atoms with Gasteiger partial charge in [0.1, 0.15) is 0 Å². The number of nitrogens with two attached hydrogens (primary N) is 1. The van der Waals surface area contributed by atoms with E-state index in [-0.39, 0.29) is 0 Å². The van der Waals surface area contributed by atoms with Crippen LogP contribution in [0.25, 0.3) is 10.8 Å². The van der Waals surface area contributed by atoms with E-state index in [1.165, 1.54) is 29.0 Å². The van der Waals surface area contributed by atoms with Crippen LogP contribution in [0, 0.1) is 6.92 Å². The quantitative estimate of drug-likeness (QED) is 0.854. The summed E-state index contributed by atoms with van der Waals surface area (Å²) in [7, 11) is 2.19. The summed E-state index contributed by atoms with van der Waals surface area (Å²) in [5, 5.41) is 2.27. The maximum atomic E-state index is 6.07. The first-order valence-electron chi connectivity index (χ1n) is 6.62. The summed E-state index contributed by atoms with van der Waals surface area (Å²) in [4.78, 5) is 6.77. The Balaban J connectivity index is 2.12. The molecule has 1 fully saturated rings. The number of aryl methyl sites for hydroxylation is 1. The van der Waals surface area contributed by atoms with Gasteiger partial charge in [-0.1, -0.05) is 0 Å².